The van der Waals surface area contributed by atoms with Crippen molar-refractivity contribution in [2.24, 2.45) is 5.92 Å². The summed E-state index contributed by atoms with van der Waals surface area (Å²) in [6.45, 7) is 11.6. The van der Waals surface area contributed by atoms with Crippen molar-refractivity contribution in [1.29, 1.82) is 0 Å². The molecule has 0 saturated heterocycles. The maximum absolute atomic E-state index is 2.56. The Balaban J connectivity index is 2.18. The molecular formula is C37H60. The maximum Gasteiger partial charge on any atom is -0.0250 e. The van der Waals surface area contributed by atoms with Crippen LogP contribution in [0.3, 0.4) is 0 Å². The van der Waals surface area contributed by atoms with E-state index in [2.05, 4.69) is 71.0 Å². The van der Waals surface area contributed by atoms with Gasteiger partial charge in [-0.3, -0.25) is 0 Å². The minimum atomic E-state index is 0.797. The summed E-state index contributed by atoms with van der Waals surface area (Å²) in [6.07, 6.45) is 24.7. The van der Waals surface area contributed by atoms with E-state index in [1.807, 2.05) is 0 Å². The largest absolute Gasteiger partial charge is 0.0654 e. The lowest BCUT2D eigenvalue weighted by atomic mass is 9.86. The summed E-state index contributed by atoms with van der Waals surface area (Å²) < 4.78 is 0. The van der Waals surface area contributed by atoms with Crippen molar-refractivity contribution in [2.45, 2.75) is 157 Å². The molecule has 208 valence electrons. The highest BCUT2D eigenvalue weighted by Gasteiger charge is 2.13. The summed E-state index contributed by atoms with van der Waals surface area (Å²) in [5, 5.41) is 0. The van der Waals surface area contributed by atoms with Crippen LogP contribution >= 0.6 is 0 Å². The molecule has 2 aromatic carbocycles. The van der Waals surface area contributed by atoms with Crippen molar-refractivity contribution in [2.75, 3.05) is 0 Å². The third-order valence-corrected chi connectivity index (χ3v) is 8.08. The van der Waals surface area contributed by atoms with Gasteiger partial charge in [0.25, 0.3) is 0 Å². The summed E-state index contributed by atoms with van der Waals surface area (Å²) >= 11 is 0. The lowest BCUT2D eigenvalue weighted by Crippen LogP contribution is -2.08. The molecule has 0 saturated carbocycles. The first kappa shape index (κ1) is 31.7. The van der Waals surface area contributed by atoms with Crippen molar-refractivity contribution in [3.8, 4) is 0 Å². The second-order valence-electron chi connectivity index (χ2n) is 11.8. The van der Waals surface area contributed by atoms with Gasteiger partial charge in [-0.05, 0) is 110 Å². The Morgan fingerprint density at radius 1 is 0.378 bits per heavy atom. The van der Waals surface area contributed by atoms with Crippen molar-refractivity contribution in [3.63, 3.8) is 0 Å². The van der Waals surface area contributed by atoms with E-state index in [1.54, 1.807) is 33.4 Å². The zero-order valence-corrected chi connectivity index (χ0v) is 25.5. The van der Waals surface area contributed by atoms with Gasteiger partial charge in [-0.25, -0.2) is 0 Å². The molecule has 0 aliphatic carbocycles. The Morgan fingerprint density at radius 3 is 1.11 bits per heavy atom. The van der Waals surface area contributed by atoms with Crippen molar-refractivity contribution < 1.29 is 0 Å². The van der Waals surface area contributed by atoms with E-state index < -0.39 is 0 Å². The summed E-state index contributed by atoms with van der Waals surface area (Å²) in [5.74, 6) is 0.797. The van der Waals surface area contributed by atoms with E-state index in [-0.39, 0.29) is 0 Å². The van der Waals surface area contributed by atoms with Gasteiger partial charge in [0.1, 0.15) is 0 Å². The van der Waals surface area contributed by atoms with Crippen LogP contribution in [0.1, 0.15) is 151 Å². The number of hydrogen-bond donors (Lipinski definition) is 0. The van der Waals surface area contributed by atoms with Gasteiger partial charge in [-0.2, -0.15) is 0 Å². The standard InChI is InChI=1S/C37H60/c1-6-11-16-21-31(24-37-29-34(19-14-9-4)26-35(30-37)20-15-10-5)22-23-36-27-32(17-12-7-2)25-33(28-36)18-13-8-3/h25-31H,6-24H2,1-5H3. The first-order valence-electron chi connectivity index (χ1n) is 16.3. The Labute approximate surface area is 232 Å². The summed E-state index contributed by atoms with van der Waals surface area (Å²) in [6, 6.07) is 15.2. The molecule has 0 aliphatic heterocycles. The quantitative estimate of drug-likeness (QED) is 0.148. The molecule has 0 aromatic heterocycles. The van der Waals surface area contributed by atoms with Crippen molar-refractivity contribution in [3.05, 3.63) is 69.8 Å². The second kappa shape index (κ2) is 19.5. The Bertz CT molecular complexity index is 793. The number of hydrogen-bond acceptors (Lipinski definition) is 0. The molecule has 0 nitrogen and oxygen atoms in total. The predicted molar refractivity (Wildman–Crippen MR) is 167 cm³/mol. The highest BCUT2D eigenvalue weighted by Crippen LogP contribution is 2.25. The van der Waals surface area contributed by atoms with Gasteiger partial charge in [0.15, 0.2) is 0 Å². The molecule has 0 aliphatic rings. The monoisotopic (exact) mass is 504 g/mol. The van der Waals surface area contributed by atoms with Gasteiger partial charge < -0.3 is 0 Å². The lowest BCUT2D eigenvalue weighted by Gasteiger charge is -2.19. The summed E-state index contributed by atoms with van der Waals surface area (Å²) in [4.78, 5) is 0. The molecule has 0 heterocycles. The lowest BCUT2D eigenvalue weighted by molar-refractivity contribution is 0.426. The second-order valence-corrected chi connectivity index (χ2v) is 11.8. The van der Waals surface area contributed by atoms with E-state index in [0.717, 1.165) is 5.92 Å². The van der Waals surface area contributed by atoms with E-state index in [4.69, 9.17) is 0 Å². The van der Waals surface area contributed by atoms with Crippen molar-refractivity contribution >= 4 is 0 Å². The van der Waals surface area contributed by atoms with Crippen LogP contribution in [0, 0.1) is 5.92 Å². The fourth-order valence-corrected chi connectivity index (χ4v) is 5.78. The molecule has 0 bridgehead atoms. The molecule has 2 aromatic rings. The Morgan fingerprint density at radius 2 is 0.730 bits per heavy atom. The van der Waals surface area contributed by atoms with Gasteiger partial charge in [0, 0.05) is 0 Å². The van der Waals surface area contributed by atoms with Crippen LogP contribution in [0.15, 0.2) is 36.4 Å². The molecule has 0 heteroatoms. The zero-order chi connectivity index (χ0) is 26.7. The van der Waals surface area contributed by atoms with Gasteiger partial charge in [-0.15, -0.1) is 0 Å². The van der Waals surface area contributed by atoms with Crippen LogP contribution in [0.2, 0.25) is 0 Å². The number of rotatable bonds is 21. The molecule has 37 heavy (non-hydrogen) atoms. The van der Waals surface area contributed by atoms with E-state index in [1.165, 1.54) is 122 Å². The molecule has 1 atom stereocenters. The molecule has 2 rings (SSSR count). The SMILES string of the molecule is CCCCCC(CCc1cc(CCCC)cc(CCCC)c1)Cc1cc(CCCC)cc(CCCC)c1. The first-order valence-corrected chi connectivity index (χ1v) is 16.3. The van der Waals surface area contributed by atoms with Crippen LogP contribution in [0.25, 0.3) is 0 Å². The predicted octanol–water partition coefficient (Wildman–Crippen LogP) is 11.4. The fraction of sp³-hybridized carbons (Fsp3) is 0.676. The topological polar surface area (TPSA) is 0 Å². The molecule has 0 spiro atoms. The van der Waals surface area contributed by atoms with Crippen LogP contribution in [-0.4, -0.2) is 0 Å². The van der Waals surface area contributed by atoms with Gasteiger partial charge in [-0.1, -0.05) is 122 Å². The zero-order valence-electron chi connectivity index (χ0n) is 25.5. The van der Waals surface area contributed by atoms with Crippen LogP contribution in [0.5, 0.6) is 0 Å². The van der Waals surface area contributed by atoms with Crippen molar-refractivity contribution in [1.82, 2.24) is 0 Å². The smallest absolute Gasteiger partial charge is 0.0250 e. The highest BCUT2D eigenvalue weighted by atomic mass is 14.2. The molecule has 0 radical (unpaired) electrons. The van der Waals surface area contributed by atoms with Crippen LogP contribution < -0.4 is 0 Å². The minimum absolute atomic E-state index is 0.797. The molecule has 0 N–H and O–H groups in total. The summed E-state index contributed by atoms with van der Waals surface area (Å²) in [7, 11) is 0. The van der Waals surface area contributed by atoms with E-state index in [9.17, 15) is 0 Å². The average molecular weight is 505 g/mol. The highest BCUT2D eigenvalue weighted by molar-refractivity contribution is 5.32. The van der Waals surface area contributed by atoms with Gasteiger partial charge in [0.2, 0.25) is 0 Å². The molecule has 1 unspecified atom stereocenters. The average Bonchev–Trinajstić information content (AvgIpc) is 2.91. The number of benzene rings is 2. The van der Waals surface area contributed by atoms with Crippen LogP contribution in [0.4, 0.5) is 0 Å². The van der Waals surface area contributed by atoms with E-state index >= 15 is 0 Å². The van der Waals surface area contributed by atoms with Gasteiger partial charge >= 0.3 is 0 Å². The number of unbranched alkanes of at least 4 members (excludes halogenated alkanes) is 6. The van der Waals surface area contributed by atoms with E-state index in [0.29, 0.717) is 0 Å². The minimum Gasteiger partial charge on any atom is -0.0654 e. The Kier molecular flexibility index (Phi) is 16.7. The third-order valence-electron chi connectivity index (χ3n) is 8.08. The molecule has 0 amide bonds. The Hall–Kier alpha value is -1.56. The normalized spacial score (nSPS) is 12.2. The maximum atomic E-state index is 2.56. The fourth-order valence-electron chi connectivity index (χ4n) is 5.78. The third kappa shape index (κ3) is 13.2. The van der Waals surface area contributed by atoms with Gasteiger partial charge in [0.05, 0.1) is 0 Å². The molecular weight excluding hydrogens is 444 g/mol. The van der Waals surface area contributed by atoms with Crippen LogP contribution in [-0.2, 0) is 38.5 Å². The summed E-state index contributed by atoms with van der Waals surface area (Å²) in [5.41, 5.74) is 9.54. The molecule has 0 fully saturated rings. The first-order chi connectivity index (χ1) is 18.1. The number of aryl methyl sites for hydroxylation is 5.